The summed E-state index contributed by atoms with van der Waals surface area (Å²) in [4.78, 5) is 11.0. The molecule has 0 spiro atoms. The lowest BCUT2D eigenvalue weighted by Crippen LogP contribution is -2.33. The maximum Gasteiger partial charge on any atom is 0.319 e. The van der Waals surface area contributed by atoms with Crippen LogP contribution in [0.3, 0.4) is 0 Å². The van der Waals surface area contributed by atoms with Gasteiger partial charge in [0, 0.05) is 12.2 Å². The van der Waals surface area contributed by atoms with Gasteiger partial charge >= 0.3 is 6.03 Å². The van der Waals surface area contributed by atoms with E-state index in [0.29, 0.717) is 12.2 Å². The average molecular weight is 149 g/mol. The molecule has 1 heterocycles. The molecule has 1 aromatic rings. The zero-order valence-electron chi connectivity index (χ0n) is 6.87. The molecule has 0 aromatic heterocycles. The Bertz CT molecular complexity index is 327. The van der Waals surface area contributed by atoms with Crippen LogP contribution in [0.15, 0.2) is 24.3 Å². The molecule has 0 unspecified atom stereocenters. The number of hydrogen-bond donors (Lipinski definition) is 2. The Morgan fingerprint density at radius 3 is 3.18 bits per heavy atom. The molecule has 3 nitrogen and oxygen atoms in total. The monoisotopic (exact) mass is 149 g/mol. The van der Waals surface area contributed by atoms with Gasteiger partial charge in [-0.1, -0.05) is 18.2 Å². The maximum absolute atomic E-state index is 11.0. The molecule has 0 fully saturated rings. The first-order valence-electron chi connectivity index (χ1n) is 3.88. The van der Waals surface area contributed by atoms with Gasteiger partial charge in [-0.3, -0.25) is 0 Å². The Morgan fingerprint density at radius 2 is 2.27 bits per heavy atom. The maximum atomic E-state index is 11.0. The predicted molar refractivity (Wildman–Crippen MR) is 42.3 cm³/mol. The minimum atomic E-state index is -0.367. The Kier molecular flexibility index (Phi) is 1.07. The van der Waals surface area contributed by atoms with E-state index in [9.17, 15) is 4.79 Å². The summed E-state index contributed by atoms with van der Waals surface area (Å²) >= 11 is 0. The van der Waals surface area contributed by atoms with Gasteiger partial charge in [-0.15, -0.1) is 0 Å². The van der Waals surface area contributed by atoms with Crippen molar-refractivity contribution in [1.82, 2.24) is 5.32 Å². The van der Waals surface area contributed by atoms with Gasteiger partial charge in [0.2, 0.25) is 0 Å². The highest BCUT2D eigenvalue weighted by Gasteiger charge is 2.11. The lowest BCUT2D eigenvalue weighted by Gasteiger charge is -2.17. The number of amides is 2. The van der Waals surface area contributed by atoms with Crippen molar-refractivity contribution in [2.45, 2.75) is 6.54 Å². The second kappa shape index (κ2) is 2.27. The van der Waals surface area contributed by atoms with Crippen LogP contribution in [0.2, 0.25) is 1.41 Å². The third kappa shape index (κ3) is 1.05. The number of para-hydroxylation sites is 1. The number of rotatable bonds is 0. The molecule has 0 bridgehead atoms. The Morgan fingerprint density at radius 1 is 1.45 bits per heavy atom. The van der Waals surface area contributed by atoms with Crippen LogP contribution in [0.25, 0.3) is 0 Å². The highest BCUT2D eigenvalue weighted by Crippen LogP contribution is 2.16. The van der Waals surface area contributed by atoms with Crippen molar-refractivity contribution in [1.29, 1.82) is 0 Å². The molecule has 1 aliphatic rings. The normalized spacial score (nSPS) is 16.9. The van der Waals surface area contributed by atoms with Gasteiger partial charge < -0.3 is 10.6 Å². The van der Waals surface area contributed by atoms with E-state index in [0.717, 1.165) is 10.9 Å². The van der Waals surface area contributed by atoms with Crippen LogP contribution in [0.1, 0.15) is 5.56 Å². The number of anilines is 1. The quantitative estimate of drug-likeness (QED) is 0.574. The topological polar surface area (TPSA) is 41.1 Å². The molecule has 0 saturated heterocycles. The lowest BCUT2D eigenvalue weighted by atomic mass is 10.1. The second-order valence-corrected chi connectivity index (χ2v) is 2.40. The van der Waals surface area contributed by atoms with E-state index in [-0.39, 0.29) is 6.03 Å². The SMILES string of the molecule is [2H]N1C(=O)NCc2ccccc21. The molecule has 2 rings (SSSR count). The zero-order chi connectivity index (χ0) is 8.55. The predicted octanol–water partition coefficient (Wildman–Crippen LogP) is 1.32. The number of hydrogen-bond acceptors (Lipinski definition) is 1. The molecule has 2 N–H and O–H groups in total. The van der Waals surface area contributed by atoms with E-state index in [2.05, 4.69) is 5.32 Å². The number of urea groups is 1. The molecule has 11 heavy (non-hydrogen) atoms. The third-order valence-electron chi connectivity index (χ3n) is 1.64. The molecular weight excluding hydrogens is 140 g/mol. The van der Waals surface area contributed by atoms with Crippen LogP contribution >= 0.6 is 0 Å². The van der Waals surface area contributed by atoms with Crippen molar-refractivity contribution < 1.29 is 6.21 Å². The Balaban J connectivity index is 2.48. The molecule has 0 saturated carbocycles. The van der Waals surface area contributed by atoms with Gasteiger partial charge in [-0.05, 0) is 11.6 Å². The summed E-state index contributed by atoms with van der Waals surface area (Å²) in [6.45, 7) is 0.518. The summed E-state index contributed by atoms with van der Waals surface area (Å²) in [6.07, 6.45) is 0. The van der Waals surface area contributed by atoms with Crippen molar-refractivity contribution in [3.05, 3.63) is 29.8 Å². The van der Waals surface area contributed by atoms with E-state index in [1.165, 1.54) is 0 Å². The van der Waals surface area contributed by atoms with Crippen molar-refractivity contribution in [3.63, 3.8) is 0 Å². The average Bonchev–Trinajstić information content (AvgIpc) is 2.12. The highest BCUT2D eigenvalue weighted by molar-refractivity contribution is 5.92. The molecule has 1 aliphatic heterocycles. The van der Waals surface area contributed by atoms with Gasteiger partial charge in [-0.25, -0.2) is 4.79 Å². The van der Waals surface area contributed by atoms with Crippen LogP contribution in [-0.2, 0) is 6.54 Å². The standard InChI is InChI=1S/C8H8N2O/c11-8-9-5-6-3-1-2-4-7(6)10-8/h1-4H,5H2,(H2,9,10,11)/i/hD. The van der Waals surface area contributed by atoms with E-state index in [1.54, 1.807) is 6.07 Å². The third-order valence-corrected chi connectivity index (χ3v) is 1.64. The van der Waals surface area contributed by atoms with E-state index in [1.807, 2.05) is 18.2 Å². The fourth-order valence-electron chi connectivity index (χ4n) is 1.09. The highest BCUT2D eigenvalue weighted by atomic mass is 16.2. The first kappa shape index (κ1) is 5.18. The van der Waals surface area contributed by atoms with E-state index < -0.39 is 0 Å². The molecule has 56 valence electrons. The van der Waals surface area contributed by atoms with Crippen LogP contribution in [-0.4, -0.2) is 6.03 Å². The van der Waals surface area contributed by atoms with Crippen molar-refractivity contribution >= 4 is 11.7 Å². The number of carbonyl (C=O) groups excluding carboxylic acids is 1. The number of nitrogens with one attached hydrogen (secondary N) is 2. The molecule has 1 aromatic carbocycles. The molecule has 2 amide bonds. The van der Waals surface area contributed by atoms with E-state index in [4.69, 9.17) is 1.41 Å². The van der Waals surface area contributed by atoms with Gasteiger partial charge in [0.15, 0.2) is 1.41 Å². The fraction of sp³-hybridized carbons (Fsp3) is 0.125. The Labute approximate surface area is 65.9 Å². The van der Waals surface area contributed by atoms with Crippen LogP contribution in [0.5, 0.6) is 0 Å². The van der Waals surface area contributed by atoms with Crippen LogP contribution in [0, 0.1) is 0 Å². The largest absolute Gasteiger partial charge is 0.334 e. The fourth-order valence-corrected chi connectivity index (χ4v) is 1.09. The minimum absolute atomic E-state index is 0.367. The summed E-state index contributed by atoms with van der Waals surface area (Å²) in [7, 11) is 0. The Hall–Kier alpha value is -1.51. The summed E-state index contributed by atoms with van der Waals surface area (Å²) in [5.74, 6) is 0. The smallest absolute Gasteiger partial charge is 0.319 e. The molecule has 3 heteroatoms. The number of fused-ring (bicyclic) bond motifs is 1. The summed E-state index contributed by atoms with van der Waals surface area (Å²) in [5, 5.41) is 3.46. The van der Waals surface area contributed by atoms with E-state index >= 15 is 0 Å². The summed E-state index contributed by atoms with van der Waals surface area (Å²) < 4.78 is 7.38. The lowest BCUT2D eigenvalue weighted by molar-refractivity contribution is 0.251. The van der Waals surface area contributed by atoms with Crippen molar-refractivity contribution in [3.8, 4) is 0 Å². The molecule has 0 atom stereocenters. The summed E-state index contributed by atoms with van der Waals surface area (Å²) in [6, 6.07) is 7.01. The zero-order valence-corrected chi connectivity index (χ0v) is 5.87. The van der Waals surface area contributed by atoms with Crippen molar-refractivity contribution in [2.75, 3.05) is 5.31 Å². The first-order chi connectivity index (χ1) is 5.79. The van der Waals surface area contributed by atoms with Gasteiger partial charge in [0.1, 0.15) is 0 Å². The molecule has 0 radical (unpaired) electrons. The summed E-state index contributed by atoms with van der Waals surface area (Å²) in [5.41, 5.74) is 1.65. The van der Waals surface area contributed by atoms with Crippen LogP contribution < -0.4 is 10.6 Å². The number of carbonyl (C=O) groups is 1. The van der Waals surface area contributed by atoms with Gasteiger partial charge in [0.25, 0.3) is 0 Å². The molecule has 0 aliphatic carbocycles. The van der Waals surface area contributed by atoms with Crippen LogP contribution in [0.4, 0.5) is 10.5 Å². The number of benzene rings is 1. The van der Waals surface area contributed by atoms with Gasteiger partial charge in [-0.2, -0.15) is 0 Å². The van der Waals surface area contributed by atoms with Crippen molar-refractivity contribution in [2.24, 2.45) is 0 Å². The first-order valence-corrected chi connectivity index (χ1v) is 3.44. The minimum Gasteiger partial charge on any atom is -0.334 e. The van der Waals surface area contributed by atoms with Gasteiger partial charge in [0.05, 0.1) is 0 Å². The molecular formula is C8H8N2O. The second-order valence-electron chi connectivity index (χ2n) is 2.40.